The average molecular weight is 201 g/mol. The van der Waals surface area contributed by atoms with Crippen molar-refractivity contribution in [1.29, 1.82) is 0 Å². The molecule has 0 spiro atoms. The zero-order chi connectivity index (χ0) is 11.1. The highest BCUT2D eigenvalue weighted by atomic mass is 14.9. The number of rotatable bonds is 2. The molecule has 0 fully saturated rings. The molecule has 1 aromatic carbocycles. The first-order valence-corrected chi connectivity index (χ1v) is 5.66. The summed E-state index contributed by atoms with van der Waals surface area (Å²) in [5.74, 6) is 2.61. The summed E-state index contributed by atoms with van der Waals surface area (Å²) in [6.07, 6.45) is 7.57. The van der Waals surface area contributed by atoms with Crippen molar-refractivity contribution in [3.8, 4) is 12.3 Å². The van der Waals surface area contributed by atoms with Crippen molar-refractivity contribution < 1.29 is 0 Å². The summed E-state index contributed by atoms with van der Waals surface area (Å²) in [5, 5.41) is 3.35. The molecule has 1 heteroatoms. The molecule has 0 aromatic heterocycles. The molecule has 1 nitrogen and oxygen atoms in total. The molecule has 1 N–H and O–H groups in total. The second kappa shape index (κ2) is 6.27. The van der Waals surface area contributed by atoms with Gasteiger partial charge < -0.3 is 0 Å². The number of fused-ring (bicyclic) bond motifs is 1. The molecule has 0 saturated heterocycles. The number of hydrogen-bond acceptors (Lipinski definition) is 1. The summed E-state index contributed by atoms with van der Waals surface area (Å²) >= 11 is 0. The zero-order valence-electron chi connectivity index (χ0n) is 9.59. The summed E-state index contributed by atoms with van der Waals surface area (Å²) in [5.41, 5.74) is 2.90. The standard InChI is InChI=1S/C12H13N.C2H6/c1-2-9-13-12-8-7-10-5-3-4-6-11(10)12;1-2/h1,3-6,12-13H,7-9H2;1-2H3/t12-;/m1./s1. The van der Waals surface area contributed by atoms with Crippen LogP contribution < -0.4 is 5.32 Å². The molecule has 1 aliphatic rings. The number of benzene rings is 1. The fourth-order valence-electron chi connectivity index (χ4n) is 1.95. The van der Waals surface area contributed by atoms with E-state index in [4.69, 9.17) is 6.42 Å². The third kappa shape index (κ3) is 2.84. The van der Waals surface area contributed by atoms with Crippen molar-refractivity contribution in [1.82, 2.24) is 5.32 Å². The van der Waals surface area contributed by atoms with Gasteiger partial charge in [0.15, 0.2) is 0 Å². The quantitative estimate of drug-likeness (QED) is 0.725. The number of nitrogens with one attached hydrogen (secondary N) is 1. The van der Waals surface area contributed by atoms with Gasteiger partial charge in [-0.3, -0.25) is 5.32 Å². The normalized spacial score (nSPS) is 17.3. The molecular weight excluding hydrogens is 182 g/mol. The first-order valence-electron chi connectivity index (χ1n) is 5.66. The monoisotopic (exact) mass is 201 g/mol. The molecule has 0 amide bonds. The molecule has 0 heterocycles. The van der Waals surface area contributed by atoms with E-state index in [1.165, 1.54) is 24.0 Å². The highest BCUT2D eigenvalue weighted by Crippen LogP contribution is 2.30. The van der Waals surface area contributed by atoms with Crippen LogP contribution in [0.3, 0.4) is 0 Å². The zero-order valence-corrected chi connectivity index (χ0v) is 9.59. The predicted octanol–water partition coefficient (Wildman–Crippen LogP) is 2.92. The Morgan fingerprint density at radius 1 is 1.40 bits per heavy atom. The van der Waals surface area contributed by atoms with Crippen molar-refractivity contribution in [2.24, 2.45) is 0 Å². The van der Waals surface area contributed by atoms with Gasteiger partial charge in [0.1, 0.15) is 0 Å². The van der Waals surface area contributed by atoms with Gasteiger partial charge >= 0.3 is 0 Å². The lowest BCUT2D eigenvalue weighted by atomic mass is 10.1. The molecule has 2 rings (SSSR count). The van der Waals surface area contributed by atoms with Gasteiger partial charge in [-0.2, -0.15) is 0 Å². The fourth-order valence-corrected chi connectivity index (χ4v) is 1.95. The van der Waals surface area contributed by atoms with Gasteiger partial charge in [-0.1, -0.05) is 44.0 Å². The van der Waals surface area contributed by atoms with Crippen molar-refractivity contribution in [2.75, 3.05) is 6.54 Å². The molecule has 0 bridgehead atoms. The molecular formula is C14H19N. The van der Waals surface area contributed by atoms with Gasteiger partial charge in [-0.05, 0) is 24.0 Å². The largest absolute Gasteiger partial charge is 0.299 e. The van der Waals surface area contributed by atoms with E-state index >= 15 is 0 Å². The Kier molecular flexibility index (Phi) is 4.93. The number of terminal acetylenes is 1. The van der Waals surface area contributed by atoms with E-state index in [-0.39, 0.29) is 0 Å². The minimum Gasteiger partial charge on any atom is -0.299 e. The Hall–Kier alpha value is -1.26. The minimum absolute atomic E-state index is 0.479. The topological polar surface area (TPSA) is 12.0 Å². The van der Waals surface area contributed by atoms with E-state index in [2.05, 4.69) is 35.5 Å². The Balaban J connectivity index is 0.000000531. The van der Waals surface area contributed by atoms with Crippen molar-refractivity contribution in [2.45, 2.75) is 32.7 Å². The van der Waals surface area contributed by atoms with Gasteiger partial charge in [0.25, 0.3) is 0 Å². The maximum Gasteiger partial charge on any atom is 0.0578 e. The highest BCUT2D eigenvalue weighted by Gasteiger charge is 2.20. The van der Waals surface area contributed by atoms with Gasteiger partial charge in [-0.15, -0.1) is 6.42 Å². The first-order chi connectivity index (χ1) is 7.42. The van der Waals surface area contributed by atoms with Crippen LogP contribution in [0.2, 0.25) is 0 Å². The van der Waals surface area contributed by atoms with Crippen LogP contribution in [0.15, 0.2) is 24.3 Å². The van der Waals surface area contributed by atoms with Crippen LogP contribution in [0.4, 0.5) is 0 Å². The van der Waals surface area contributed by atoms with Gasteiger partial charge in [-0.25, -0.2) is 0 Å². The lowest BCUT2D eigenvalue weighted by molar-refractivity contribution is 0.568. The Bertz CT molecular complexity index is 335. The second-order valence-electron chi connectivity index (χ2n) is 3.38. The molecule has 1 aliphatic carbocycles. The van der Waals surface area contributed by atoms with Crippen molar-refractivity contribution >= 4 is 0 Å². The average Bonchev–Trinajstić information content (AvgIpc) is 2.72. The van der Waals surface area contributed by atoms with E-state index in [0.717, 1.165) is 0 Å². The van der Waals surface area contributed by atoms with Crippen LogP contribution in [0, 0.1) is 12.3 Å². The molecule has 0 aliphatic heterocycles. The third-order valence-corrected chi connectivity index (χ3v) is 2.58. The molecule has 0 radical (unpaired) electrons. The summed E-state index contributed by atoms with van der Waals surface area (Å²) in [4.78, 5) is 0. The second-order valence-corrected chi connectivity index (χ2v) is 3.38. The molecule has 0 saturated carbocycles. The van der Waals surface area contributed by atoms with Gasteiger partial charge in [0.2, 0.25) is 0 Å². The number of hydrogen-bond donors (Lipinski definition) is 1. The smallest absolute Gasteiger partial charge is 0.0578 e. The van der Waals surface area contributed by atoms with E-state index in [1.807, 2.05) is 13.8 Å². The lowest BCUT2D eigenvalue weighted by Gasteiger charge is -2.10. The van der Waals surface area contributed by atoms with Gasteiger partial charge in [0, 0.05) is 6.04 Å². The summed E-state index contributed by atoms with van der Waals surface area (Å²) < 4.78 is 0. The molecule has 80 valence electrons. The molecule has 0 unspecified atom stereocenters. The first kappa shape index (κ1) is 11.8. The van der Waals surface area contributed by atoms with Crippen molar-refractivity contribution in [3.63, 3.8) is 0 Å². The summed E-state index contributed by atoms with van der Waals surface area (Å²) in [7, 11) is 0. The fraction of sp³-hybridized carbons (Fsp3) is 0.429. The Morgan fingerprint density at radius 3 is 2.87 bits per heavy atom. The van der Waals surface area contributed by atoms with Crippen LogP contribution in [0.25, 0.3) is 0 Å². The van der Waals surface area contributed by atoms with E-state index < -0.39 is 0 Å². The SMILES string of the molecule is C#CCN[C@@H]1CCc2ccccc21.CC. The minimum atomic E-state index is 0.479. The Labute approximate surface area is 92.9 Å². The summed E-state index contributed by atoms with van der Waals surface area (Å²) in [6, 6.07) is 9.06. The van der Waals surface area contributed by atoms with Crippen molar-refractivity contribution in [3.05, 3.63) is 35.4 Å². The van der Waals surface area contributed by atoms with Crippen LogP contribution in [-0.4, -0.2) is 6.54 Å². The Morgan fingerprint density at radius 2 is 2.13 bits per heavy atom. The maximum atomic E-state index is 5.21. The van der Waals surface area contributed by atoms with E-state index in [9.17, 15) is 0 Å². The van der Waals surface area contributed by atoms with Crippen LogP contribution >= 0.6 is 0 Å². The maximum absolute atomic E-state index is 5.21. The lowest BCUT2D eigenvalue weighted by Crippen LogP contribution is -2.19. The van der Waals surface area contributed by atoms with Crippen LogP contribution in [0.5, 0.6) is 0 Å². The molecule has 15 heavy (non-hydrogen) atoms. The predicted molar refractivity (Wildman–Crippen MR) is 65.7 cm³/mol. The highest BCUT2D eigenvalue weighted by molar-refractivity contribution is 5.34. The van der Waals surface area contributed by atoms with E-state index in [1.54, 1.807) is 0 Å². The van der Waals surface area contributed by atoms with Crippen LogP contribution in [-0.2, 0) is 6.42 Å². The molecule has 1 atom stereocenters. The van der Waals surface area contributed by atoms with Gasteiger partial charge in [0.05, 0.1) is 6.54 Å². The van der Waals surface area contributed by atoms with Crippen LogP contribution in [0.1, 0.15) is 37.4 Å². The summed E-state index contributed by atoms with van der Waals surface area (Å²) in [6.45, 7) is 4.67. The van der Waals surface area contributed by atoms with E-state index in [0.29, 0.717) is 12.6 Å². The molecule has 1 aromatic rings. The third-order valence-electron chi connectivity index (χ3n) is 2.58. The number of aryl methyl sites for hydroxylation is 1.